The van der Waals surface area contributed by atoms with Gasteiger partial charge in [-0.1, -0.05) is 13.8 Å². The van der Waals surface area contributed by atoms with Gasteiger partial charge in [0.15, 0.2) is 0 Å². The Bertz CT molecular complexity index is 253. The first kappa shape index (κ1) is 20.7. The van der Waals surface area contributed by atoms with Crippen LogP contribution in [0.15, 0.2) is 0 Å². The fraction of sp³-hybridized carbons (Fsp3) is 1.00. The molecule has 0 aromatic rings. The first-order chi connectivity index (χ1) is 9.94. The molecular weight excluding hydrogens is 270 g/mol. The molecule has 8 heteroatoms. The molecule has 0 spiro atoms. The van der Waals surface area contributed by atoms with Crippen molar-refractivity contribution < 1.29 is 5.11 Å². The number of hydrogen-bond acceptors (Lipinski definition) is 8. The van der Waals surface area contributed by atoms with Crippen LogP contribution in [0.4, 0.5) is 0 Å². The topological polar surface area (TPSA) is 124 Å². The van der Waals surface area contributed by atoms with Gasteiger partial charge in [0.1, 0.15) is 5.66 Å². The number of hydrogen-bond donors (Lipinski definition) is 7. The minimum Gasteiger partial charge on any atom is -0.393 e. The molecule has 2 unspecified atom stereocenters. The second-order valence-electron chi connectivity index (χ2n) is 5.64. The Kier molecular flexibility index (Phi) is 11.1. The molecule has 0 bridgehead atoms. The first-order valence-corrected chi connectivity index (χ1v) is 7.68. The number of likely N-dealkylation sites (N-methyl/N-ethyl adjacent to an activating group) is 1. The maximum absolute atomic E-state index is 9.99. The summed E-state index contributed by atoms with van der Waals surface area (Å²) in [6.45, 7) is 9.25. The van der Waals surface area contributed by atoms with E-state index in [4.69, 9.17) is 11.5 Å². The van der Waals surface area contributed by atoms with Crippen LogP contribution in [0.2, 0.25) is 0 Å². The van der Waals surface area contributed by atoms with E-state index >= 15 is 0 Å². The Morgan fingerprint density at radius 2 is 1.81 bits per heavy atom. The third-order valence-corrected chi connectivity index (χ3v) is 3.39. The first-order valence-electron chi connectivity index (χ1n) is 7.68. The van der Waals surface area contributed by atoms with Gasteiger partial charge in [0, 0.05) is 38.8 Å². The van der Waals surface area contributed by atoms with Crippen molar-refractivity contribution in [1.29, 1.82) is 0 Å². The molecule has 0 rings (SSSR count). The lowest BCUT2D eigenvalue weighted by Gasteiger charge is -2.46. The van der Waals surface area contributed by atoms with Crippen molar-refractivity contribution in [3.8, 4) is 0 Å². The lowest BCUT2D eigenvalue weighted by atomic mass is 9.96. The van der Waals surface area contributed by atoms with E-state index in [1.807, 2.05) is 19.1 Å². The van der Waals surface area contributed by atoms with Crippen LogP contribution in [-0.4, -0.2) is 68.3 Å². The maximum Gasteiger partial charge on any atom is 0.126 e. The normalized spacial score (nSPS) is 16.4. The predicted molar refractivity (Wildman–Crippen MR) is 87.1 cm³/mol. The third kappa shape index (κ3) is 6.98. The standard InChI is InChI=1S/C13H35N7O/c1-11(2)13(10-21,17-6-5-14)20(18-8-7-16-4)19-9-12(3)15/h11-12,16-19,21H,5-10,14-15H2,1-4H3. The van der Waals surface area contributed by atoms with Gasteiger partial charge in [-0.05, 0) is 19.9 Å². The van der Waals surface area contributed by atoms with Gasteiger partial charge in [0.05, 0.1) is 6.61 Å². The minimum absolute atomic E-state index is 0.0108. The van der Waals surface area contributed by atoms with Gasteiger partial charge in [-0.25, -0.2) is 10.9 Å². The molecule has 9 N–H and O–H groups in total. The summed E-state index contributed by atoms with van der Waals surface area (Å²) >= 11 is 0. The summed E-state index contributed by atoms with van der Waals surface area (Å²) in [5.74, 6) is 0.150. The molecule has 0 fully saturated rings. The van der Waals surface area contributed by atoms with E-state index in [0.29, 0.717) is 19.6 Å². The zero-order chi connectivity index (χ0) is 16.3. The summed E-state index contributed by atoms with van der Waals surface area (Å²) < 4.78 is 0. The molecule has 0 radical (unpaired) electrons. The highest BCUT2D eigenvalue weighted by molar-refractivity contribution is 4.88. The number of nitrogens with one attached hydrogen (secondary N) is 4. The van der Waals surface area contributed by atoms with Gasteiger partial charge in [-0.3, -0.25) is 5.32 Å². The summed E-state index contributed by atoms with van der Waals surface area (Å²) in [7, 11) is 1.90. The fourth-order valence-corrected chi connectivity index (χ4v) is 2.01. The highest BCUT2D eigenvalue weighted by atomic mass is 16.3. The minimum atomic E-state index is -0.651. The molecule has 0 aromatic carbocycles. The molecule has 0 aliphatic rings. The van der Waals surface area contributed by atoms with Crippen LogP contribution in [0.3, 0.4) is 0 Å². The number of aliphatic hydroxyl groups is 1. The van der Waals surface area contributed by atoms with Gasteiger partial charge in [0.2, 0.25) is 0 Å². The highest BCUT2D eigenvalue weighted by Gasteiger charge is 2.39. The van der Waals surface area contributed by atoms with Crippen LogP contribution < -0.4 is 33.0 Å². The SMILES string of the molecule is CNCCNN(NCC(C)N)C(CO)(NCCN)C(C)C. The van der Waals surface area contributed by atoms with Crippen molar-refractivity contribution in [2.24, 2.45) is 17.4 Å². The summed E-state index contributed by atoms with van der Waals surface area (Å²) in [6, 6.07) is 0.0108. The molecule has 128 valence electrons. The number of aliphatic hydroxyl groups excluding tert-OH is 1. The third-order valence-electron chi connectivity index (χ3n) is 3.39. The van der Waals surface area contributed by atoms with Gasteiger partial charge >= 0.3 is 0 Å². The monoisotopic (exact) mass is 305 g/mol. The van der Waals surface area contributed by atoms with Crippen molar-refractivity contribution in [3.63, 3.8) is 0 Å². The van der Waals surface area contributed by atoms with Gasteiger partial charge in [-0.15, -0.1) is 0 Å². The largest absolute Gasteiger partial charge is 0.393 e. The van der Waals surface area contributed by atoms with Crippen molar-refractivity contribution in [3.05, 3.63) is 0 Å². The van der Waals surface area contributed by atoms with Crippen molar-refractivity contribution >= 4 is 0 Å². The quantitative estimate of drug-likeness (QED) is 0.116. The zero-order valence-electron chi connectivity index (χ0n) is 13.9. The number of rotatable bonds is 13. The molecule has 8 nitrogen and oxygen atoms in total. The van der Waals surface area contributed by atoms with Crippen LogP contribution in [-0.2, 0) is 0 Å². The second kappa shape index (κ2) is 11.3. The average molecular weight is 305 g/mol. The van der Waals surface area contributed by atoms with Gasteiger partial charge in [-0.2, -0.15) is 5.12 Å². The molecule has 0 saturated carbocycles. The number of nitrogens with two attached hydrogens (primary N) is 2. The Hall–Kier alpha value is -0.320. The van der Waals surface area contributed by atoms with E-state index in [1.54, 1.807) is 0 Å². The van der Waals surface area contributed by atoms with E-state index in [0.717, 1.165) is 13.1 Å². The summed E-state index contributed by atoms with van der Waals surface area (Å²) in [5.41, 5.74) is 17.3. The summed E-state index contributed by atoms with van der Waals surface area (Å²) in [4.78, 5) is 0. The predicted octanol–water partition coefficient (Wildman–Crippen LogP) is -2.24. The Morgan fingerprint density at radius 3 is 2.24 bits per heavy atom. The van der Waals surface area contributed by atoms with Gasteiger partial charge < -0.3 is 21.9 Å². The average Bonchev–Trinajstić information content (AvgIpc) is 2.44. The Balaban J connectivity index is 5.01. The van der Waals surface area contributed by atoms with Crippen LogP contribution >= 0.6 is 0 Å². The number of nitrogens with zero attached hydrogens (tertiary/aromatic N) is 1. The van der Waals surface area contributed by atoms with Gasteiger partial charge in [0.25, 0.3) is 0 Å². The fourth-order valence-electron chi connectivity index (χ4n) is 2.01. The number of hydrazine groups is 2. The molecule has 0 heterocycles. The highest BCUT2D eigenvalue weighted by Crippen LogP contribution is 2.18. The molecule has 0 amide bonds. The smallest absolute Gasteiger partial charge is 0.126 e. The van der Waals surface area contributed by atoms with Crippen molar-refractivity contribution in [1.82, 2.24) is 26.6 Å². The molecule has 0 aliphatic heterocycles. The van der Waals surface area contributed by atoms with Crippen LogP contribution in [0.25, 0.3) is 0 Å². The molecule has 0 saturated heterocycles. The van der Waals surface area contributed by atoms with E-state index in [1.165, 1.54) is 0 Å². The maximum atomic E-state index is 9.99. The van der Waals surface area contributed by atoms with E-state index in [9.17, 15) is 5.11 Å². The molecule has 0 aromatic heterocycles. The molecule has 21 heavy (non-hydrogen) atoms. The van der Waals surface area contributed by atoms with E-state index in [-0.39, 0.29) is 18.6 Å². The zero-order valence-corrected chi connectivity index (χ0v) is 13.9. The van der Waals surface area contributed by atoms with Crippen LogP contribution in [0.5, 0.6) is 0 Å². The van der Waals surface area contributed by atoms with E-state index < -0.39 is 5.66 Å². The Labute approximate surface area is 128 Å². The van der Waals surface area contributed by atoms with Crippen molar-refractivity contribution in [2.75, 3.05) is 46.4 Å². The lowest BCUT2D eigenvalue weighted by molar-refractivity contribution is -0.0985. The Morgan fingerprint density at radius 1 is 1.14 bits per heavy atom. The van der Waals surface area contributed by atoms with E-state index in [2.05, 4.69) is 35.3 Å². The summed E-state index contributed by atoms with van der Waals surface area (Å²) in [6.07, 6.45) is 0. The molecule has 0 aliphatic carbocycles. The van der Waals surface area contributed by atoms with Crippen LogP contribution in [0.1, 0.15) is 20.8 Å². The molecule has 2 atom stereocenters. The lowest BCUT2D eigenvalue weighted by Crippen LogP contribution is -2.73. The summed E-state index contributed by atoms with van der Waals surface area (Å²) in [5, 5.41) is 18.3. The molecular formula is C13H35N7O. The van der Waals surface area contributed by atoms with Crippen LogP contribution in [0, 0.1) is 5.92 Å². The van der Waals surface area contributed by atoms with Crippen molar-refractivity contribution in [2.45, 2.75) is 32.5 Å². The second-order valence-corrected chi connectivity index (χ2v) is 5.64.